The van der Waals surface area contributed by atoms with Crippen LogP contribution in [0.15, 0.2) is 35.8 Å². The molecule has 2 rings (SSSR count). The molecule has 1 aromatic carbocycles. The zero-order valence-electron chi connectivity index (χ0n) is 10.9. The first kappa shape index (κ1) is 14.4. The van der Waals surface area contributed by atoms with E-state index in [0.717, 1.165) is 11.1 Å². The molecule has 6 nitrogen and oxygen atoms in total. The molecule has 6 heteroatoms. The van der Waals surface area contributed by atoms with Crippen LogP contribution in [0.5, 0.6) is 0 Å². The molecule has 20 heavy (non-hydrogen) atoms. The Morgan fingerprint density at radius 1 is 1.35 bits per heavy atom. The number of carbonyl (C=O) groups is 1. The Bertz CT molecular complexity index is 519. The summed E-state index contributed by atoms with van der Waals surface area (Å²) in [6, 6.07) is 7.48. The molecule has 0 amide bonds. The van der Waals surface area contributed by atoms with Gasteiger partial charge in [-0.05, 0) is 12.5 Å². The van der Waals surface area contributed by atoms with Gasteiger partial charge in [-0.2, -0.15) is 0 Å². The second-order valence-electron chi connectivity index (χ2n) is 4.56. The third-order valence-electron chi connectivity index (χ3n) is 2.96. The predicted molar refractivity (Wildman–Crippen MR) is 68.6 cm³/mol. The number of rotatable bonds is 5. The molecule has 0 saturated carbocycles. The van der Waals surface area contributed by atoms with Crippen molar-refractivity contribution in [3.63, 3.8) is 0 Å². The van der Waals surface area contributed by atoms with E-state index in [2.05, 4.69) is 0 Å². The average molecular weight is 280 g/mol. The van der Waals surface area contributed by atoms with Crippen LogP contribution in [0.1, 0.15) is 11.1 Å². The first-order chi connectivity index (χ1) is 9.52. The lowest BCUT2D eigenvalue weighted by atomic mass is 10.1. The minimum absolute atomic E-state index is 0.0940. The van der Waals surface area contributed by atoms with Gasteiger partial charge in [0, 0.05) is 0 Å². The molecule has 0 spiro atoms. The normalized spacial score (nSPS) is 19.9. The highest BCUT2D eigenvalue weighted by Gasteiger charge is 2.40. The quantitative estimate of drug-likeness (QED) is 0.682. The van der Waals surface area contributed by atoms with E-state index >= 15 is 0 Å². The summed E-state index contributed by atoms with van der Waals surface area (Å²) >= 11 is 0. The van der Waals surface area contributed by atoms with Crippen LogP contribution in [0.25, 0.3) is 0 Å². The first-order valence-corrected chi connectivity index (χ1v) is 6.14. The van der Waals surface area contributed by atoms with Gasteiger partial charge < -0.3 is 24.8 Å². The Labute approximate surface area is 115 Å². The highest BCUT2D eigenvalue weighted by molar-refractivity contribution is 5.89. The molecule has 3 N–H and O–H groups in total. The summed E-state index contributed by atoms with van der Waals surface area (Å²) in [5, 5.41) is 28.0. The molecule has 0 aliphatic carbocycles. The summed E-state index contributed by atoms with van der Waals surface area (Å²) in [5.74, 6) is -1.68. The van der Waals surface area contributed by atoms with Crippen molar-refractivity contribution in [3.05, 3.63) is 46.9 Å². The highest BCUT2D eigenvalue weighted by atomic mass is 16.6. The Balaban J connectivity index is 2.06. The van der Waals surface area contributed by atoms with Crippen LogP contribution >= 0.6 is 0 Å². The predicted octanol–water partition coefficient (Wildman–Crippen LogP) is 0.560. The lowest BCUT2D eigenvalue weighted by Crippen LogP contribution is -2.31. The summed E-state index contributed by atoms with van der Waals surface area (Å²) in [6.07, 6.45) is -2.65. The molecule has 2 atom stereocenters. The topological polar surface area (TPSA) is 96.2 Å². The first-order valence-electron chi connectivity index (χ1n) is 6.14. The van der Waals surface area contributed by atoms with Gasteiger partial charge in [0.1, 0.15) is 12.7 Å². The van der Waals surface area contributed by atoms with Crippen molar-refractivity contribution < 1.29 is 29.6 Å². The summed E-state index contributed by atoms with van der Waals surface area (Å²) in [6.45, 7) is 1.41. The molecule has 1 aromatic rings. The van der Waals surface area contributed by atoms with E-state index in [1.54, 1.807) is 0 Å². The van der Waals surface area contributed by atoms with Crippen LogP contribution in [0, 0.1) is 6.92 Å². The molecular formula is C14H16O6. The Morgan fingerprint density at radius 2 is 2.00 bits per heavy atom. The van der Waals surface area contributed by atoms with Gasteiger partial charge in [0.05, 0.1) is 6.61 Å². The van der Waals surface area contributed by atoms with Crippen LogP contribution in [-0.4, -0.2) is 40.1 Å². The fourth-order valence-electron chi connectivity index (χ4n) is 1.79. The van der Waals surface area contributed by atoms with E-state index in [1.165, 1.54) is 0 Å². The SMILES string of the molecule is Cc1ccc(COC2=C(O)C(C(O)CO)OC2=O)cc1. The zero-order valence-corrected chi connectivity index (χ0v) is 10.9. The van der Waals surface area contributed by atoms with Gasteiger partial charge in [-0.25, -0.2) is 4.79 Å². The summed E-state index contributed by atoms with van der Waals surface area (Å²) in [7, 11) is 0. The standard InChI is InChI=1S/C14H16O6/c1-8-2-4-9(5-3-8)7-19-13-11(17)12(10(16)6-15)20-14(13)18/h2-5,10,12,15-17H,6-7H2,1H3. The Morgan fingerprint density at radius 3 is 2.60 bits per heavy atom. The molecule has 0 aromatic heterocycles. The van der Waals surface area contributed by atoms with Gasteiger partial charge in [-0.15, -0.1) is 0 Å². The molecular weight excluding hydrogens is 264 g/mol. The molecule has 0 radical (unpaired) electrons. The van der Waals surface area contributed by atoms with Crippen molar-refractivity contribution in [2.75, 3.05) is 6.61 Å². The van der Waals surface area contributed by atoms with Crippen molar-refractivity contribution in [1.29, 1.82) is 0 Å². The number of carbonyl (C=O) groups excluding carboxylic acids is 1. The van der Waals surface area contributed by atoms with Gasteiger partial charge in [-0.1, -0.05) is 29.8 Å². The maximum atomic E-state index is 11.5. The number of aliphatic hydroxyl groups is 3. The number of aryl methyl sites for hydroxylation is 1. The van der Waals surface area contributed by atoms with E-state index in [-0.39, 0.29) is 12.4 Å². The molecule has 108 valence electrons. The maximum absolute atomic E-state index is 11.5. The highest BCUT2D eigenvalue weighted by Crippen LogP contribution is 2.25. The summed E-state index contributed by atoms with van der Waals surface area (Å²) in [5.41, 5.74) is 1.93. The number of hydrogen-bond acceptors (Lipinski definition) is 6. The molecule has 2 unspecified atom stereocenters. The van der Waals surface area contributed by atoms with Gasteiger partial charge in [0.25, 0.3) is 0 Å². The molecule has 0 saturated heterocycles. The fourth-order valence-corrected chi connectivity index (χ4v) is 1.79. The van der Waals surface area contributed by atoms with E-state index in [4.69, 9.17) is 14.6 Å². The van der Waals surface area contributed by atoms with Crippen molar-refractivity contribution in [2.24, 2.45) is 0 Å². The number of hydrogen-bond donors (Lipinski definition) is 3. The summed E-state index contributed by atoms with van der Waals surface area (Å²) in [4.78, 5) is 11.5. The van der Waals surface area contributed by atoms with Crippen molar-refractivity contribution >= 4 is 5.97 Å². The smallest absolute Gasteiger partial charge is 0.378 e. The minimum Gasteiger partial charge on any atom is -0.505 e. The number of benzene rings is 1. The average Bonchev–Trinajstić information content (AvgIpc) is 2.73. The number of ether oxygens (including phenoxy) is 2. The van der Waals surface area contributed by atoms with Crippen LogP contribution in [0.4, 0.5) is 0 Å². The third-order valence-corrected chi connectivity index (χ3v) is 2.96. The maximum Gasteiger partial charge on any atom is 0.378 e. The molecule has 1 aliphatic rings. The van der Waals surface area contributed by atoms with Crippen LogP contribution in [0.2, 0.25) is 0 Å². The molecule has 0 fully saturated rings. The zero-order chi connectivity index (χ0) is 14.7. The van der Waals surface area contributed by atoms with Crippen LogP contribution in [0.3, 0.4) is 0 Å². The van der Waals surface area contributed by atoms with Gasteiger partial charge in [0.15, 0.2) is 11.9 Å². The second-order valence-corrected chi connectivity index (χ2v) is 4.56. The molecule has 1 aliphatic heterocycles. The van der Waals surface area contributed by atoms with Crippen LogP contribution in [-0.2, 0) is 20.9 Å². The van der Waals surface area contributed by atoms with E-state index in [1.807, 2.05) is 31.2 Å². The van der Waals surface area contributed by atoms with Gasteiger partial charge >= 0.3 is 5.97 Å². The second kappa shape index (κ2) is 5.94. The Hall–Kier alpha value is -2.05. The number of esters is 1. The van der Waals surface area contributed by atoms with E-state index < -0.39 is 30.5 Å². The van der Waals surface area contributed by atoms with Gasteiger partial charge in [-0.3, -0.25) is 0 Å². The van der Waals surface area contributed by atoms with Crippen LogP contribution < -0.4 is 0 Å². The summed E-state index contributed by atoms with van der Waals surface area (Å²) < 4.78 is 9.99. The fraction of sp³-hybridized carbons (Fsp3) is 0.357. The van der Waals surface area contributed by atoms with E-state index in [0.29, 0.717) is 0 Å². The lowest BCUT2D eigenvalue weighted by molar-refractivity contribution is -0.148. The van der Waals surface area contributed by atoms with Crippen molar-refractivity contribution in [2.45, 2.75) is 25.7 Å². The van der Waals surface area contributed by atoms with Gasteiger partial charge in [0.2, 0.25) is 5.76 Å². The van der Waals surface area contributed by atoms with E-state index in [9.17, 15) is 15.0 Å². The monoisotopic (exact) mass is 280 g/mol. The van der Waals surface area contributed by atoms with Crippen molar-refractivity contribution in [3.8, 4) is 0 Å². The number of cyclic esters (lactones) is 1. The minimum atomic E-state index is -1.38. The lowest BCUT2D eigenvalue weighted by Gasteiger charge is -2.13. The number of aliphatic hydroxyl groups excluding tert-OH is 3. The molecule has 0 bridgehead atoms. The largest absolute Gasteiger partial charge is 0.505 e. The van der Waals surface area contributed by atoms with Crippen molar-refractivity contribution in [1.82, 2.24) is 0 Å². The third kappa shape index (κ3) is 2.92. The Kier molecular flexibility index (Phi) is 4.26. The molecule has 1 heterocycles.